The van der Waals surface area contributed by atoms with Gasteiger partial charge in [0.15, 0.2) is 0 Å². The smallest absolute Gasteiger partial charge is 0.0756 e. The van der Waals surface area contributed by atoms with Crippen LogP contribution in [0.25, 0.3) is 0 Å². The molecule has 0 saturated carbocycles. The van der Waals surface area contributed by atoms with Crippen molar-refractivity contribution in [2.24, 2.45) is 0 Å². The molecule has 0 radical (unpaired) electrons. The number of hydrogen-bond acceptors (Lipinski definition) is 1. The molecule has 1 nitrogen and oxygen atoms in total. The van der Waals surface area contributed by atoms with E-state index in [0.717, 1.165) is 25.7 Å². The highest BCUT2D eigenvalue weighted by molar-refractivity contribution is 5.01. The molecule has 0 aromatic heterocycles. The molecule has 12 heavy (non-hydrogen) atoms. The fourth-order valence-corrected chi connectivity index (χ4v) is 1.49. The summed E-state index contributed by atoms with van der Waals surface area (Å²) in [5.41, 5.74) is -0.521. The van der Waals surface area contributed by atoms with Gasteiger partial charge in [0.2, 0.25) is 0 Å². The highest BCUT2D eigenvalue weighted by Crippen LogP contribution is 2.22. The molecule has 0 amide bonds. The van der Waals surface area contributed by atoms with Crippen LogP contribution in [0.15, 0.2) is 0 Å². The van der Waals surface area contributed by atoms with E-state index in [1.54, 1.807) is 0 Å². The first-order chi connectivity index (χ1) is 5.68. The van der Waals surface area contributed by atoms with Crippen molar-refractivity contribution < 1.29 is 5.11 Å². The second-order valence-corrected chi connectivity index (χ2v) is 3.33. The van der Waals surface area contributed by atoms with E-state index in [0.29, 0.717) is 6.42 Å². The highest BCUT2D eigenvalue weighted by Gasteiger charge is 2.22. The van der Waals surface area contributed by atoms with Crippen molar-refractivity contribution in [1.29, 1.82) is 0 Å². The van der Waals surface area contributed by atoms with Crippen molar-refractivity contribution >= 4 is 0 Å². The van der Waals surface area contributed by atoms with Crippen molar-refractivity contribution in [3.05, 3.63) is 0 Å². The Hall–Kier alpha value is -0.480. The van der Waals surface area contributed by atoms with Crippen LogP contribution in [0.2, 0.25) is 0 Å². The number of rotatable bonds is 5. The van der Waals surface area contributed by atoms with Crippen LogP contribution < -0.4 is 0 Å². The Morgan fingerprint density at radius 2 is 1.67 bits per heavy atom. The summed E-state index contributed by atoms with van der Waals surface area (Å²) in [7, 11) is 0. The Labute approximate surface area is 76.2 Å². The maximum atomic E-state index is 10.0. The van der Waals surface area contributed by atoms with E-state index in [2.05, 4.69) is 25.7 Å². The van der Waals surface area contributed by atoms with Crippen LogP contribution in [-0.2, 0) is 0 Å². The van der Waals surface area contributed by atoms with Gasteiger partial charge in [-0.1, -0.05) is 26.7 Å². The Morgan fingerprint density at radius 1 is 1.17 bits per heavy atom. The molecule has 0 aromatic carbocycles. The molecular weight excluding hydrogens is 148 g/mol. The average molecular weight is 168 g/mol. The predicted octanol–water partition coefficient (Wildman–Crippen LogP) is 2.73. The minimum absolute atomic E-state index is 0.521. The van der Waals surface area contributed by atoms with Gasteiger partial charge in [0, 0.05) is 6.42 Å². The molecule has 0 spiro atoms. The summed E-state index contributed by atoms with van der Waals surface area (Å²) in [5.74, 6) is 5.79. The van der Waals surface area contributed by atoms with Gasteiger partial charge in [-0.3, -0.25) is 0 Å². The van der Waals surface area contributed by atoms with Gasteiger partial charge < -0.3 is 5.11 Å². The largest absolute Gasteiger partial charge is 0.389 e. The summed E-state index contributed by atoms with van der Waals surface area (Å²) in [6, 6.07) is 0. The summed E-state index contributed by atoms with van der Waals surface area (Å²) in [5, 5.41) is 10.0. The van der Waals surface area contributed by atoms with E-state index in [-0.39, 0.29) is 0 Å². The zero-order chi connectivity index (χ0) is 9.45. The van der Waals surface area contributed by atoms with E-state index in [1.807, 2.05) is 6.92 Å². The quantitative estimate of drug-likeness (QED) is 0.626. The molecule has 0 fully saturated rings. The van der Waals surface area contributed by atoms with Gasteiger partial charge in [-0.2, -0.15) is 0 Å². The second kappa shape index (κ2) is 6.08. The van der Waals surface area contributed by atoms with Crippen molar-refractivity contribution in [2.45, 2.75) is 58.5 Å². The third-order valence-electron chi connectivity index (χ3n) is 2.02. The van der Waals surface area contributed by atoms with E-state index in [4.69, 9.17) is 0 Å². The summed E-state index contributed by atoms with van der Waals surface area (Å²) in [6.07, 6.45) is 4.43. The predicted molar refractivity (Wildman–Crippen MR) is 52.8 cm³/mol. The van der Waals surface area contributed by atoms with Crippen molar-refractivity contribution in [3.8, 4) is 11.8 Å². The third-order valence-corrected chi connectivity index (χ3v) is 2.02. The van der Waals surface area contributed by atoms with Crippen LogP contribution in [0.4, 0.5) is 0 Å². The summed E-state index contributed by atoms with van der Waals surface area (Å²) >= 11 is 0. The van der Waals surface area contributed by atoms with Crippen LogP contribution in [0.1, 0.15) is 52.9 Å². The lowest BCUT2D eigenvalue weighted by Gasteiger charge is -2.24. The van der Waals surface area contributed by atoms with E-state index < -0.39 is 5.60 Å². The first-order valence-corrected chi connectivity index (χ1v) is 4.80. The minimum atomic E-state index is -0.521. The van der Waals surface area contributed by atoms with Crippen LogP contribution in [0.5, 0.6) is 0 Å². The van der Waals surface area contributed by atoms with Gasteiger partial charge in [-0.05, 0) is 19.8 Å². The fraction of sp³-hybridized carbons (Fsp3) is 0.818. The SMILES string of the molecule is CC#CCC(O)(CCC)CCC. The van der Waals surface area contributed by atoms with Gasteiger partial charge in [-0.15, -0.1) is 11.8 Å². The molecule has 0 bridgehead atoms. The Kier molecular flexibility index (Phi) is 5.84. The van der Waals surface area contributed by atoms with Gasteiger partial charge >= 0.3 is 0 Å². The Bertz CT molecular complexity index is 156. The van der Waals surface area contributed by atoms with Crippen LogP contribution in [-0.4, -0.2) is 10.7 Å². The molecule has 0 atom stereocenters. The molecule has 0 unspecified atom stereocenters. The molecule has 0 heterocycles. The molecule has 1 N–H and O–H groups in total. The zero-order valence-corrected chi connectivity index (χ0v) is 8.48. The molecule has 0 aliphatic heterocycles. The number of hydrogen-bond donors (Lipinski definition) is 1. The van der Waals surface area contributed by atoms with Gasteiger partial charge in [0.25, 0.3) is 0 Å². The molecule has 0 aliphatic rings. The maximum Gasteiger partial charge on any atom is 0.0756 e. The lowest BCUT2D eigenvalue weighted by Crippen LogP contribution is -2.27. The summed E-state index contributed by atoms with van der Waals surface area (Å²) in [4.78, 5) is 0. The van der Waals surface area contributed by atoms with Crippen molar-refractivity contribution in [1.82, 2.24) is 0 Å². The first-order valence-electron chi connectivity index (χ1n) is 4.80. The van der Waals surface area contributed by atoms with Crippen LogP contribution in [0, 0.1) is 11.8 Å². The van der Waals surface area contributed by atoms with Crippen molar-refractivity contribution in [3.63, 3.8) is 0 Å². The summed E-state index contributed by atoms with van der Waals surface area (Å²) < 4.78 is 0. The molecule has 0 saturated heterocycles. The monoisotopic (exact) mass is 168 g/mol. The minimum Gasteiger partial charge on any atom is -0.389 e. The normalized spacial score (nSPS) is 10.7. The average Bonchev–Trinajstić information content (AvgIpc) is 2.02. The molecule has 0 aliphatic carbocycles. The fourth-order valence-electron chi connectivity index (χ4n) is 1.49. The Morgan fingerprint density at radius 3 is 2.00 bits per heavy atom. The van der Waals surface area contributed by atoms with Gasteiger partial charge in [0.05, 0.1) is 5.60 Å². The third kappa shape index (κ3) is 4.41. The molecule has 70 valence electrons. The lowest BCUT2D eigenvalue weighted by atomic mass is 9.90. The van der Waals surface area contributed by atoms with Crippen molar-refractivity contribution in [2.75, 3.05) is 0 Å². The second-order valence-electron chi connectivity index (χ2n) is 3.33. The highest BCUT2D eigenvalue weighted by atomic mass is 16.3. The van der Waals surface area contributed by atoms with E-state index in [9.17, 15) is 5.11 Å². The summed E-state index contributed by atoms with van der Waals surface area (Å²) in [6.45, 7) is 6.01. The zero-order valence-electron chi connectivity index (χ0n) is 8.48. The molecule has 1 heteroatoms. The van der Waals surface area contributed by atoms with Gasteiger partial charge in [0.1, 0.15) is 0 Å². The Balaban J connectivity index is 4.03. The maximum absolute atomic E-state index is 10.0. The standard InChI is InChI=1S/C11H20O/c1-4-7-10-11(12,8-5-2)9-6-3/h12H,5-6,8-10H2,1-3H3. The lowest BCUT2D eigenvalue weighted by molar-refractivity contribution is 0.0263. The van der Waals surface area contributed by atoms with Crippen LogP contribution >= 0.6 is 0 Å². The van der Waals surface area contributed by atoms with E-state index >= 15 is 0 Å². The number of aliphatic hydroxyl groups is 1. The molecular formula is C11H20O. The topological polar surface area (TPSA) is 20.2 Å². The first kappa shape index (κ1) is 11.5. The van der Waals surface area contributed by atoms with E-state index in [1.165, 1.54) is 0 Å². The van der Waals surface area contributed by atoms with Gasteiger partial charge in [-0.25, -0.2) is 0 Å². The molecule has 0 aromatic rings. The van der Waals surface area contributed by atoms with Crippen LogP contribution in [0.3, 0.4) is 0 Å². The molecule has 0 rings (SSSR count).